The van der Waals surface area contributed by atoms with Crippen LogP contribution in [0.1, 0.15) is 40.0 Å². The van der Waals surface area contributed by atoms with E-state index in [-0.39, 0.29) is 9.81 Å². The van der Waals surface area contributed by atoms with Crippen LogP contribution in [-0.2, 0) is 18.8 Å². The van der Waals surface area contributed by atoms with Gasteiger partial charge in [-0.05, 0) is 24.6 Å². The zero-order valence-electron chi connectivity index (χ0n) is 15.2. The SMILES string of the molecule is CCCc1nnc(NC(=O)c2cnn(-c3cccc(C(F)(F)F)c3)c2C(F)(F)F)s1. The number of rotatable bonds is 5. The maximum atomic E-state index is 13.7. The van der Waals surface area contributed by atoms with E-state index in [0.29, 0.717) is 23.7 Å². The number of alkyl halides is 6. The molecule has 0 bridgehead atoms. The van der Waals surface area contributed by atoms with Gasteiger partial charge in [-0.3, -0.25) is 10.1 Å². The Morgan fingerprint density at radius 3 is 2.50 bits per heavy atom. The number of carbonyl (C=O) groups is 1. The van der Waals surface area contributed by atoms with Gasteiger partial charge >= 0.3 is 12.4 Å². The van der Waals surface area contributed by atoms with Gasteiger partial charge in [-0.25, -0.2) is 4.68 Å². The first-order valence-corrected chi connectivity index (χ1v) is 9.29. The summed E-state index contributed by atoms with van der Waals surface area (Å²) in [6, 6.07) is 3.22. The van der Waals surface area contributed by atoms with E-state index in [2.05, 4.69) is 20.6 Å². The fraction of sp³-hybridized carbons (Fsp3) is 0.294. The summed E-state index contributed by atoms with van der Waals surface area (Å²) in [5.74, 6) is -1.15. The Bertz CT molecular complexity index is 1060. The van der Waals surface area contributed by atoms with Crippen molar-refractivity contribution in [1.29, 1.82) is 0 Å². The molecule has 13 heteroatoms. The lowest BCUT2D eigenvalue weighted by atomic mass is 10.1. The van der Waals surface area contributed by atoms with Crippen molar-refractivity contribution in [1.82, 2.24) is 20.0 Å². The second kappa shape index (κ2) is 8.05. The molecule has 0 radical (unpaired) electrons. The molecule has 3 rings (SSSR count). The Morgan fingerprint density at radius 1 is 1.13 bits per heavy atom. The molecule has 0 aliphatic rings. The molecule has 0 aliphatic heterocycles. The van der Waals surface area contributed by atoms with E-state index >= 15 is 0 Å². The Hall–Kier alpha value is -2.96. The Labute approximate surface area is 169 Å². The monoisotopic (exact) mass is 449 g/mol. The minimum Gasteiger partial charge on any atom is -0.296 e. The quantitative estimate of drug-likeness (QED) is 0.559. The summed E-state index contributed by atoms with van der Waals surface area (Å²) in [5, 5.41) is 13.8. The minimum absolute atomic E-state index is 0.00314. The smallest absolute Gasteiger partial charge is 0.296 e. The number of nitrogens with zero attached hydrogens (tertiary/aromatic N) is 4. The van der Waals surface area contributed by atoms with Gasteiger partial charge in [0.15, 0.2) is 5.69 Å². The maximum Gasteiger partial charge on any atom is 0.434 e. The minimum atomic E-state index is -5.06. The van der Waals surface area contributed by atoms with Crippen LogP contribution in [0.3, 0.4) is 0 Å². The van der Waals surface area contributed by atoms with E-state index in [1.807, 2.05) is 6.92 Å². The van der Waals surface area contributed by atoms with Crippen LogP contribution in [0.25, 0.3) is 5.69 Å². The van der Waals surface area contributed by atoms with Crippen LogP contribution in [0.2, 0.25) is 0 Å². The number of halogens is 6. The summed E-state index contributed by atoms with van der Waals surface area (Å²) in [6.07, 6.45) is -7.81. The summed E-state index contributed by atoms with van der Waals surface area (Å²) in [7, 11) is 0. The number of carbonyl (C=O) groups excluding carboxylic acids is 1. The van der Waals surface area contributed by atoms with Crippen molar-refractivity contribution < 1.29 is 31.1 Å². The third-order valence-electron chi connectivity index (χ3n) is 3.85. The molecule has 0 saturated heterocycles. The first-order valence-electron chi connectivity index (χ1n) is 8.47. The van der Waals surface area contributed by atoms with E-state index in [1.54, 1.807) is 0 Å². The predicted octanol–water partition coefficient (Wildman–Crippen LogP) is 4.97. The molecule has 0 unspecified atom stereocenters. The zero-order chi connectivity index (χ0) is 22.1. The molecule has 30 heavy (non-hydrogen) atoms. The Morgan fingerprint density at radius 2 is 1.87 bits per heavy atom. The summed E-state index contributed by atoms with van der Waals surface area (Å²) in [4.78, 5) is 12.4. The van der Waals surface area contributed by atoms with Crippen molar-refractivity contribution in [3.8, 4) is 5.69 Å². The number of anilines is 1. The predicted molar refractivity (Wildman–Crippen MR) is 95.4 cm³/mol. The molecule has 160 valence electrons. The fourth-order valence-electron chi connectivity index (χ4n) is 2.58. The van der Waals surface area contributed by atoms with E-state index in [0.717, 1.165) is 36.0 Å². The van der Waals surface area contributed by atoms with Crippen molar-refractivity contribution in [2.75, 3.05) is 5.32 Å². The number of aryl methyl sites for hydroxylation is 1. The van der Waals surface area contributed by atoms with E-state index < -0.39 is 40.8 Å². The lowest BCUT2D eigenvalue weighted by molar-refractivity contribution is -0.143. The molecular formula is C17H13F6N5OS. The average Bonchev–Trinajstić information content (AvgIpc) is 3.28. The van der Waals surface area contributed by atoms with Crippen molar-refractivity contribution in [2.24, 2.45) is 0 Å². The van der Waals surface area contributed by atoms with E-state index in [9.17, 15) is 31.1 Å². The molecule has 1 aromatic carbocycles. The molecule has 6 nitrogen and oxygen atoms in total. The number of nitrogens with one attached hydrogen (secondary N) is 1. The molecule has 0 spiro atoms. The van der Waals surface area contributed by atoms with Gasteiger partial charge in [0.25, 0.3) is 5.91 Å². The van der Waals surface area contributed by atoms with Crippen LogP contribution >= 0.6 is 11.3 Å². The molecule has 2 heterocycles. The van der Waals surface area contributed by atoms with Crippen LogP contribution < -0.4 is 5.32 Å². The zero-order valence-corrected chi connectivity index (χ0v) is 16.0. The Balaban J connectivity index is 1.99. The summed E-state index contributed by atoms with van der Waals surface area (Å²) >= 11 is 1.01. The van der Waals surface area contributed by atoms with Crippen molar-refractivity contribution in [3.05, 3.63) is 52.3 Å². The second-order valence-electron chi connectivity index (χ2n) is 6.07. The molecule has 1 N–H and O–H groups in total. The molecule has 0 atom stereocenters. The van der Waals surface area contributed by atoms with Crippen molar-refractivity contribution in [2.45, 2.75) is 32.1 Å². The number of hydrogen-bond acceptors (Lipinski definition) is 5. The normalized spacial score (nSPS) is 12.2. The van der Waals surface area contributed by atoms with E-state index in [4.69, 9.17) is 0 Å². The molecule has 2 aromatic heterocycles. The van der Waals surface area contributed by atoms with Crippen LogP contribution in [0.15, 0.2) is 30.5 Å². The van der Waals surface area contributed by atoms with E-state index in [1.165, 1.54) is 0 Å². The topological polar surface area (TPSA) is 72.7 Å². The van der Waals surface area contributed by atoms with Gasteiger partial charge in [0.2, 0.25) is 5.13 Å². The third-order valence-corrected chi connectivity index (χ3v) is 4.75. The van der Waals surface area contributed by atoms with Gasteiger partial charge in [0.05, 0.1) is 23.0 Å². The highest BCUT2D eigenvalue weighted by molar-refractivity contribution is 7.15. The highest BCUT2D eigenvalue weighted by Gasteiger charge is 2.41. The molecule has 3 aromatic rings. The van der Waals surface area contributed by atoms with Gasteiger partial charge < -0.3 is 0 Å². The molecule has 0 aliphatic carbocycles. The van der Waals surface area contributed by atoms with Crippen LogP contribution in [0, 0.1) is 0 Å². The average molecular weight is 449 g/mol. The second-order valence-corrected chi connectivity index (χ2v) is 7.13. The largest absolute Gasteiger partial charge is 0.434 e. The fourth-order valence-corrected chi connectivity index (χ4v) is 3.42. The van der Waals surface area contributed by atoms with Crippen LogP contribution in [0.4, 0.5) is 31.5 Å². The van der Waals surface area contributed by atoms with Gasteiger partial charge in [0.1, 0.15) is 5.01 Å². The van der Waals surface area contributed by atoms with Crippen LogP contribution in [-0.4, -0.2) is 25.9 Å². The highest BCUT2D eigenvalue weighted by Crippen LogP contribution is 2.36. The number of amides is 1. The summed E-state index contributed by atoms with van der Waals surface area (Å²) in [6.45, 7) is 1.90. The number of aromatic nitrogens is 4. The van der Waals surface area contributed by atoms with Crippen molar-refractivity contribution in [3.63, 3.8) is 0 Å². The lowest BCUT2D eigenvalue weighted by Gasteiger charge is -2.14. The number of benzene rings is 1. The van der Waals surface area contributed by atoms with Gasteiger partial charge in [0, 0.05) is 6.42 Å². The molecule has 0 fully saturated rings. The van der Waals surface area contributed by atoms with Gasteiger partial charge in [-0.15, -0.1) is 10.2 Å². The summed E-state index contributed by atoms with van der Waals surface area (Å²) < 4.78 is 80.1. The Kier molecular flexibility index (Phi) is 5.83. The number of hydrogen-bond donors (Lipinski definition) is 1. The van der Waals surface area contributed by atoms with Gasteiger partial charge in [-0.1, -0.05) is 24.3 Å². The standard InChI is InChI=1S/C17H13F6N5OS/c1-2-4-12-26-27-15(30-12)25-14(29)11-8-24-28(13(11)17(21,22)23)10-6-3-5-9(7-10)16(18,19)20/h3,5-8H,2,4H2,1H3,(H,25,27,29). The van der Waals surface area contributed by atoms with Gasteiger partial charge in [-0.2, -0.15) is 31.4 Å². The van der Waals surface area contributed by atoms with Crippen molar-refractivity contribution >= 4 is 22.4 Å². The lowest BCUT2D eigenvalue weighted by Crippen LogP contribution is -2.21. The molecular weight excluding hydrogens is 436 g/mol. The highest BCUT2D eigenvalue weighted by atomic mass is 32.1. The maximum absolute atomic E-state index is 13.7. The first kappa shape index (κ1) is 21.7. The molecule has 1 amide bonds. The first-order chi connectivity index (χ1) is 14.0. The van der Waals surface area contributed by atoms with Crippen LogP contribution in [0.5, 0.6) is 0 Å². The summed E-state index contributed by atoms with van der Waals surface area (Å²) in [5.41, 5.74) is -3.99. The molecule has 0 saturated carbocycles. The third kappa shape index (κ3) is 4.61.